The molecule has 0 radical (unpaired) electrons. The van der Waals surface area contributed by atoms with Crippen LogP contribution in [0.3, 0.4) is 0 Å². The number of nitrogens with zero attached hydrogens (tertiary/aromatic N) is 1. The number of carbonyl (C=O) groups excluding carboxylic acids is 1. The highest BCUT2D eigenvalue weighted by Crippen LogP contribution is 2.11. The number of aliphatic carboxylic acids is 1. The van der Waals surface area contributed by atoms with Gasteiger partial charge in [-0.05, 0) is 38.8 Å². The van der Waals surface area contributed by atoms with Crippen molar-refractivity contribution in [1.29, 1.82) is 0 Å². The van der Waals surface area contributed by atoms with E-state index in [-0.39, 0.29) is 17.9 Å². The van der Waals surface area contributed by atoms with Gasteiger partial charge >= 0.3 is 5.97 Å². The second-order valence-electron chi connectivity index (χ2n) is 5.46. The van der Waals surface area contributed by atoms with E-state index in [0.29, 0.717) is 12.1 Å². The van der Waals surface area contributed by atoms with Crippen LogP contribution in [0.15, 0.2) is 12.1 Å². The monoisotopic (exact) mass is 280 g/mol. The van der Waals surface area contributed by atoms with E-state index in [4.69, 9.17) is 5.11 Å². The zero-order valence-electron chi connectivity index (χ0n) is 12.6. The number of amides is 1. The molecule has 0 aliphatic heterocycles. The van der Waals surface area contributed by atoms with E-state index in [2.05, 4.69) is 5.32 Å². The molecule has 0 aliphatic carbocycles. The zero-order valence-corrected chi connectivity index (χ0v) is 12.6. The first kappa shape index (κ1) is 16.3. The Balaban J connectivity index is 2.39. The van der Waals surface area contributed by atoms with Gasteiger partial charge < -0.3 is 15.0 Å². The van der Waals surface area contributed by atoms with Crippen LogP contribution in [-0.2, 0) is 11.8 Å². The SMILES string of the molecule is Cc1ccc(C(=O)NC(C)CCCC(C)C(=O)O)n1C. The number of aryl methyl sites for hydroxylation is 1. The molecule has 5 heteroatoms. The fourth-order valence-corrected chi connectivity index (χ4v) is 2.06. The van der Waals surface area contributed by atoms with Crippen molar-refractivity contribution >= 4 is 11.9 Å². The highest BCUT2D eigenvalue weighted by Gasteiger charge is 2.15. The lowest BCUT2D eigenvalue weighted by Crippen LogP contribution is -2.33. The minimum Gasteiger partial charge on any atom is -0.481 e. The number of carboxylic acids is 1. The van der Waals surface area contributed by atoms with Crippen molar-refractivity contribution in [2.24, 2.45) is 13.0 Å². The maximum atomic E-state index is 12.1. The molecule has 112 valence electrons. The van der Waals surface area contributed by atoms with Crippen molar-refractivity contribution in [2.45, 2.75) is 46.1 Å². The van der Waals surface area contributed by atoms with Gasteiger partial charge in [-0.3, -0.25) is 9.59 Å². The summed E-state index contributed by atoms with van der Waals surface area (Å²) in [6, 6.07) is 3.76. The summed E-state index contributed by atoms with van der Waals surface area (Å²) < 4.78 is 1.86. The standard InChI is InChI=1S/C15H24N2O3/c1-10(15(19)20)6-5-7-11(2)16-14(18)13-9-8-12(3)17(13)4/h8-11H,5-7H2,1-4H3,(H,16,18)(H,19,20). The Morgan fingerprint density at radius 3 is 2.45 bits per heavy atom. The van der Waals surface area contributed by atoms with Gasteiger partial charge in [0.15, 0.2) is 0 Å². The van der Waals surface area contributed by atoms with Crippen molar-refractivity contribution < 1.29 is 14.7 Å². The van der Waals surface area contributed by atoms with Crippen molar-refractivity contribution in [3.8, 4) is 0 Å². The maximum Gasteiger partial charge on any atom is 0.306 e. The quantitative estimate of drug-likeness (QED) is 0.805. The molecule has 0 bridgehead atoms. The van der Waals surface area contributed by atoms with Crippen LogP contribution in [0.1, 0.15) is 49.3 Å². The number of carboxylic acid groups (broad SMARTS) is 1. The van der Waals surface area contributed by atoms with E-state index in [1.165, 1.54) is 0 Å². The molecule has 0 spiro atoms. The third-order valence-electron chi connectivity index (χ3n) is 3.68. The second-order valence-corrected chi connectivity index (χ2v) is 5.46. The van der Waals surface area contributed by atoms with Gasteiger partial charge in [0, 0.05) is 18.8 Å². The van der Waals surface area contributed by atoms with Crippen LogP contribution < -0.4 is 5.32 Å². The highest BCUT2D eigenvalue weighted by molar-refractivity contribution is 5.93. The van der Waals surface area contributed by atoms with Crippen LogP contribution in [-0.4, -0.2) is 27.6 Å². The second kappa shape index (κ2) is 7.12. The van der Waals surface area contributed by atoms with E-state index in [1.807, 2.05) is 37.6 Å². The Bertz CT molecular complexity index is 479. The lowest BCUT2D eigenvalue weighted by atomic mass is 10.0. The zero-order chi connectivity index (χ0) is 15.3. The Kier molecular flexibility index (Phi) is 5.80. The smallest absolute Gasteiger partial charge is 0.306 e. The average molecular weight is 280 g/mol. The van der Waals surface area contributed by atoms with Gasteiger partial charge in [-0.1, -0.05) is 13.3 Å². The molecular weight excluding hydrogens is 256 g/mol. The predicted octanol–water partition coefficient (Wildman–Crippen LogP) is 2.34. The molecule has 1 rings (SSSR count). The van der Waals surface area contributed by atoms with E-state index in [0.717, 1.165) is 18.5 Å². The molecule has 1 heterocycles. The van der Waals surface area contributed by atoms with Crippen molar-refractivity contribution in [3.63, 3.8) is 0 Å². The molecule has 1 amide bonds. The van der Waals surface area contributed by atoms with Crippen molar-refractivity contribution in [3.05, 3.63) is 23.5 Å². The van der Waals surface area contributed by atoms with E-state index >= 15 is 0 Å². The summed E-state index contributed by atoms with van der Waals surface area (Å²) in [5.74, 6) is -1.17. The Morgan fingerprint density at radius 2 is 1.95 bits per heavy atom. The molecule has 0 saturated heterocycles. The topological polar surface area (TPSA) is 71.3 Å². The fraction of sp³-hybridized carbons (Fsp3) is 0.600. The van der Waals surface area contributed by atoms with Crippen LogP contribution in [0.4, 0.5) is 0 Å². The van der Waals surface area contributed by atoms with Gasteiger partial charge in [0.1, 0.15) is 5.69 Å². The van der Waals surface area contributed by atoms with Gasteiger partial charge in [0.2, 0.25) is 0 Å². The van der Waals surface area contributed by atoms with Gasteiger partial charge in [-0.25, -0.2) is 0 Å². The summed E-state index contributed by atoms with van der Waals surface area (Å²) in [6.07, 6.45) is 2.21. The molecule has 0 saturated carbocycles. The molecule has 0 aliphatic rings. The largest absolute Gasteiger partial charge is 0.481 e. The Morgan fingerprint density at radius 1 is 1.30 bits per heavy atom. The van der Waals surface area contributed by atoms with Crippen molar-refractivity contribution in [2.75, 3.05) is 0 Å². The van der Waals surface area contributed by atoms with Gasteiger partial charge in [0.05, 0.1) is 5.92 Å². The third-order valence-corrected chi connectivity index (χ3v) is 3.68. The third kappa shape index (κ3) is 4.40. The molecule has 0 fully saturated rings. The van der Waals surface area contributed by atoms with Crippen LogP contribution >= 0.6 is 0 Å². The first-order valence-electron chi connectivity index (χ1n) is 6.99. The maximum absolute atomic E-state index is 12.1. The average Bonchev–Trinajstić information content (AvgIpc) is 2.69. The number of rotatable bonds is 7. The van der Waals surface area contributed by atoms with Crippen LogP contribution in [0.2, 0.25) is 0 Å². The molecular formula is C15H24N2O3. The number of carbonyl (C=O) groups is 2. The molecule has 20 heavy (non-hydrogen) atoms. The normalized spacial score (nSPS) is 13.8. The molecule has 2 unspecified atom stereocenters. The number of hydrogen-bond acceptors (Lipinski definition) is 2. The summed E-state index contributed by atoms with van der Waals surface area (Å²) in [6.45, 7) is 5.60. The molecule has 1 aromatic heterocycles. The summed E-state index contributed by atoms with van der Waals surface area (Å²) in [7, 11) is 1.86. The Labute approximate surface area is 120 Å². The van der Waals surface area contributed by atoms with Gasteiger partial charge in [0.25, 0.3) is 5.91 Å². The Hall–Kier alpha value is -1.78. The van der Waals surface area contributed by atoms with Crippen LogP contribution in [0.5, 0.6) is 0 Å². The molecule has 1 aromatic rings. The van der Waals surface area contributed by atoms with E-state index < -0.39 is 5.97 Å². The van der Waals surface area contributed by atoms with Gasteiger partial charge in [-0.2, -0.15) is 0 Å². The number of aromatic nitrogens is 1. The lowest BCUT2D eigenvalue weighted by Gasteiger charge is -2.15. The summed E-state index contributed by atoms with van der Waals surface area (Å²) in [5.41, 5.74) is 1.69. The number of hydrogen-bond donors (Lipinski definition) is 2. The molecule has 2 atom stereocenters. The number of nitrogens with one attached hydrogen (secondary N) is 1. The first-order chi connectivity index (χ1) is 9.32. The summed E-state index contributed by atoms with van der Waals surface area (Å²) in [5, 5.41) is 11.7. The predicted molar refractivity (Wildman–Crippen MR) is 77.7 cm³/mol. The summed E-state index contributed by atoms with van der Waals surface area (Å²) in [4.78, 5) is 22.8. The van der Waals surface area contributed by atoms with E-state index in [9.17, 15) is 9.59 Å². The first-order valence-corrected chi connectivity index (χ1v) is 6.99. The molecule has 0 aromatic carbocycles. The van der Waals surface area contributed by atoms with Crippen molar-refractivity contribution in [1.82, 2.24) is 9.88 Å². The minimum atomic E-state index is -0.763. The fourth-order valence-electron chi connectivity index (χ4n) is 2.06. The molecule has 5 nitrogen and oxygen atoms in total. The summed E-state index contributed by atoms with van der Waals surface area (Å²) >= 11 is 0. The minimum absolute atomic E-state index is 0.0405. The van der Waals surface area contributed by atoms with Crippen LogP contribution in [0.25, 0.3) is 0 Å². The van der Waals surface area contributed by atoms with E-state index in [1.54, 1.807) is 6.92 Å². The van der Waals surface area contributed by atoms with Gasteiger partial charge in [-0.15, -0.1) is 0 Å². The van der Waals surface area contributed by atoms with Crippen LogP contribution in [0, 0.1) is 12.8 Å². The molecule has 2 N–H and O–H groups in total. The highest BCUT2D eigenvalue weighted by atomic mass is 16.4. The lowest BCUT2D eigenvalue weighted by molar-refractivity contribution is -0.141.